The van der Waals surface area contributed by atoms with Crippen LogP contribution in [0.1, 0.15) is 46.5 Å². The monoisotopic (exact) mass is 239 g/mol. The fourth-order valence-electron chi connectivity index (χ4n) is 2.59. The summed E-state index contributed by atoms with van der Waals surface area (Å²) in [5.41, 5.74) is -0.323. The molecular formula is C13H21NO3. The van der Waals surface area contributed by atoms with Crippen molar-refractivity contribution in [2.75, 3.05) is 6.61 Å². The second kappa shape index (κ2) is 4.31. The van der Waals surface area contributed by atoms with Gasteiger partial charge in [0.15, 0.2) is 0 Å². The van der Waals surface area contributed by atoms with Crippen molar-refractivity contribution in [2.24, 2.45) is 5.41 Å². The molecule has 0 unspecified atom stereocenters. The number of Topliss-reactive ketones (excluding diaryl/α,β-unsaturated/α-hetero) is 1. The Bertz CT molecular complexity index is 332. The Labute approximate surface area is 102 Å². The van der Waals surface area contributed by atoms with Crippen molar-refractivity contribution in [3.8, 4) is 0 Å². The first-order valence-electron chi connectivity index (χ1n) is 6.38. The maximum Gasteiger partial charge on any atom is 0.410 e. The van der Waals surface area contributed by atoms with Gasteiger partial charge in [-0.15, -0.1) is 0 Å². The Morgan fingerprint density at radius 1 is 1.41 bits per heavy atom. The van der Waals surface area contributed by atoms with Gasteiger partial charge in [0.2, 0.25) is 0 Å². The van der Waals surface area contributed by atoms with E-state index in [4.69, 9.17) is 4.74 Å². The summed E-state index contributed by atoms with van der Waals surface area (Å²) < 4.78 is 5.07. The lowest BCUT2D eigenvalue weighted by atomic mass is 9.84. The van der Waals surface area contributed by atoms with Crippen LogP contribution in [0.2, 0.25) is 0 Å². The molecule has 0 saturated carbocycles. The van der Waals surface area contributed by atoms with Crippen molar-refractivity contribution in [1.82, 2.24) is 4.90 Å². The molecule has 0 N–H and O–H groups in total. The number of cyclic esters (lactones) is 1. The molecule has 0 radical (unpaired) electrons. The normalized spacial score (nSPS) is 28.9. The van der Waals surface area contributed by atoms with Crippen LogP contribution in [-0.2, 0) is 9.53 Å². The standard InChI is InChI=1S/C13H21NO3/c1-13(2,3)11(15)7-9-5-4-6-10-8-17-12(16)14(9)10/h9-10H,4-8H2,1-3H3/t9-,10-/m0/s1. The Balaban J connectivity index is 2.05. The minimum Gasteiger partial charge on any atom is -0.447 e. The van der Waals surface area contributed by atoms with Gasteiger partial charge in [0.1, 0.15) is 12.4 Å². The van der Waals surface area contributed by atoms with Crippen LogP contribution in [0.4, 0.5) is 4.79 Å². The van der Waals surface area contributed by atoms with Crippen LogP contribution < -0.4 is 0 Å². The molecule has 0 aliphatic carbocycles. The molecule has 0 bridgehead atoms. The van der Waals surface area contributed by atoms with E-state index < -0.39 is 0 Å². The van der Waals surface area contributed by atoms with E-state index in [2.05, 4.69) is 0 Å². The van der Waals surface area contributed by atoms with E-state index in [9.17, 15) is 9.59 Å². The van der Waals surface area contributed by atoms with Gasteiger partial charge in [-0.25, -0.2) is 4.79 Å². The van der Waals surface area contributed by atoms with Gasteiger partial charge < -0.3 is 4.74 Å². The van der Waals surface area contributed by atoms with E-state index in [1.807, 2.05) is 20.8 Å². The molecule has 0 aromatic carbocycles. The van der Waals surface area contributed by atoms with Crippen LogP contribution >= 0.6 is 0 Å². The number of hydrogen-bond donors (Lipinski definition) is 0. The number of carbonyl (C=O) groups excluding carboxylic acids is 2. The summed E-state index contributed by atoms with van der Waals surface area (Å²) in [4.78, 5) is 25.5. The highest BCUT2D eigenvalue weighted by molar-refractivity contribution is 5.84. The van der Waals surface area contributed by atoms with Crippen molar-refractivity contribution < 1.29 is 14.3 Å². The molecule has 17 heavy (non-hydrogen) atoms. The van der Waals surface area contributed by atoms with Gasteiger partial charge in [-0.3, -0.25) is 9.69 Å². The largest absolute Gasteiger partial charge is 0.447 e. The van der Waals surface area contributed by atoms with Crippen molar-refractivity contribution in [1.29, 1.82) is 0 Å². The quantitative estimate of drug-likeness (QED) is 0.743. The van der Waals surface area contributed by atoms with Gasteiger partial charge in [-0.1, -0.05) is 20.8 Å². The van der Waals surface area contributed by atoms with Crippen molar-refractivity contribution in [3.05, 3.63) is 0 Å². The zero-order chi connectivity index (χ0) is 12.6. The predicted molar refractivity (Wildman–Crippen MR) is 63.7 cm³/mol. The third-order valence-corrected chi connectivity index (χ3v) is 3.73. The number of carbonyl (C=O) groups is 2. The molecular weight excluding hydrogens is 218 g/mol. The highest BCUT2D eigenvalue weighted by Crippen LogP contribution is 2.31. The smallest absolute Gasteiger partial charge is 0.410 e. The van der Waals surface area contributed by atoms with Gasteiger partial charge in [-0.2, -0.15) is 0 Å². The average molecular weight is 239 g/mol. The summed E-state index contributed by atoms with van der Waals surface area (Å²) in [6, 6.07) is 0.254. The van der Waals surface area contributed by atoms with Crippen LogP contribution in [0.5, 0.6) is 0 Å². The molecule has 2 heterocycles. The minimum atomic E-state index is -0.323. The number of fused-ring (bicyclic) bond motifs is 1. The molecule has 2 atom stereocenters. The molecule has 0 spiro atoms. The topological polar surface area (TPSA) is 46.6 Å². The summed E-state index contributed by atoms with van der Waals surface area (Å²) in [6.07, 6.45) is 3.25. The maximum atomic E-state index is 12.0. The lowest BCUT2D eigenvalue weighted by Crippen LogP contribution is -2.47. The summed E-state index contributed by atoms with van der Waals surface area (Å²) in [5.74, 6) is 0.225. The maximum absolute atomic E-state index is 12.0. The minimum absolute atomic E-state index is 0.0514. The van der Waals surface area contributed by atoms with E-state index >= 15 is 0 Å². The van der Waals surface area contributed by atoms with Gasteiger partial charge >= 0.3 is 6.09 Å². The van der Waals surface area contributed by atoms with Crippen molar-refractivity contribution in [3.63, 3.8) is 0 Å². The molecule has 2 fully saturated rings. The SMILES string of the molecule is CC(C)(C)C(=O)C[C@@H]1CCC[C@H]2COC(=O)N21. The van der Waals surface area contributed by atoms with Gasteiger partial charge in [0, 0.05) is 17.9 Å². The van der Waals surface area contributed by atoms with E-state index in [0.717, 1.165) is 19.3 Å². The van der Waals surface area contributed by atoms with E-state index in [0.29, 0.717) is 13.0 Å². The van der Waals surface area contributed by atoms with Gasteiger partial charge in [0.25, 0.3) is 0 Å². The number of ether oxygens (including phenoxy) is 1. The molecule has 4 nitrogen and oxygen atoms in total. The zero-order valence-corrected chi connectivity index (χ0v) is 10.9. The van der Waals surface area contributed by atoms with Crippen LogP contribution in [0.25, 0.3) is 0 Å². The first kappa shape index (κ1) is 12.4. The number of piperidine rings is 1. The third kappa shape index (κ3) is 2.45. The fourth-order valence-corrected chi connectivity index (χ4v) is 2.59. The molecule has 1 amide bonds. The second-order valence-electron chi connectivity index (χ2n) is 6.10. The predicted octanol–water partition coefficient (Wildman–Crippen LogP) is 2.37. The van der Waals surface area contributed by atoms with Gasteiger partial charge in [0.05, 0.1) is 6.04 Å². The Morgan fingerprint density at radius 3 is 2.76 bits per heavy atom. The lowest BCUT2D eigenvalue weighted by Gasteiger charge is -2.36. The molecule has 0 aromatic heterocycles. The summed E-state index contributed by atoms with van der Waals surface area (Å²) >= 11 is 0. The van der Waals surface area contributed by atoms with Crippen LogP contribution in [0.15, 0.2) is 0 Å². The van der Waals surface area contributed by atoms with Crippen LogP contribution in [-0.4, -0.2) is 35.5 Å². The highest BCUT2D eigenvalue weighted by Gasteiger charge is 2.42. The molecule has 2 rings (SSSR count). The molecule has 2 aliphatic heterocycles. The number of nitrogens with zero attached hydrogens (tertiary/aromatic N) is 1. The Kier molecular flexibility index (Phi) is 3.15. The molecule has 2 saturated heterocycles. The molecule has 2 aliphatic rings. The first-order valence-corrected chi connectivity index (χ1v) is 6.38. The number of hydrogen-bond acceptors (Lipinski definition) is 3. The Morgan fingerprint density at radius 2 is 2.12 bits per heavy atom. The average Bonchev–Trinajstić information content (AvgIpc) is 2.60. The van der Waals surface area contributed by atoms with E-state index in [1.165, 1.54) is 0 Å². The summed E-state index contributed by atoms with van der Waals surface area (Å²) in [6.45, 7) is 6.28. The van der Waals surface area contributed by atoms with Crippen molar-refractivity contribution >= 4 is 11.9 Å². The summed E-state index contributed by atoms with van der Waals surface area (Å²) in [5, 5.41) is 0. The first-order chi connectivity index (χ1) is 7.89. The number of amides is 1. The second-order valence-corrected chi connectivity index (χ2v) is 6.10. The molecule has 4 heteroatoms. The lowest BCUT2D eigenvalue weighted by molar-refractivity contribution is -0.127. The third-order valence-electron chi connectivity index (χ3n) is 3.73. The molecule has 96 valence electrons. The fraction of sp³-hybridized carbons (Fsp3) is 0.846. The zero-order valence-electron chi connectivity index (χ0n) is 10.9. The number of rotatable bonds is 2. The van der Waals surface area contributed by atoms with Gasteiger partial charge in [-0.05, 0) is 19.3 Å². The van der Waals surface area contributed by atoms with Crippen LogP contribution in [0.3, 0.4) is 0 Å². The van der Waals surface area contributed by atoms with E-state index in [-0.39, 0.29) is 29.4 Å². The summed E-state index contributed by atoms with van der Waals surface area (Å²) in [7, 11) is 0. The van der Waals surface area contributed by atoms with E-state index in [1.54, 1.807) is 4.90 Å². The highest BCUT2D eigenvalue weighted by atomic mass is 16.6. The van der Waals surface area contributed by atoms with Crippen LogP contribution in [0, 0.1) is 5.41 Å². The Hall–Kier alpha value is -1.06. The van der Waals surface area contributed by atoms with Crippen molar-refractivity contribution in [2.45, 2.75) is 58.5 Å². The molecule has 0 aromatic rings. The number of ketones is 1.